The van der Waals surface area contributed by atoms with Crippen molar-refractivity contribution in [3.05, 3.63) is 47.8 Å². The molecule has 0 aliphatic heterocycles. The van der Waals surface area contributed by atoms with Gasteiger partial charge in [0, 0.05) is 11.3 Å². The van der Waals surface area contributed by atoms with Crippen LogP contribution >= 0.6 is 11.6 Å². The molecular formula is C14H15ClN2. The van der Waals surface area contributed by atoms with E-state index >= 15 is 0 Å². The van der Waals surface area contributed by atoms with Gasteiger partial charge in [-0.15, -0.1) is 11.6 Å². The molecule has 0 radical (unpaired) electrons. The van der Waals surface area contributed by atoms with Crippen molar-refractivity contribution in [1.29, 1.82) is 0 Å². The van der Waals surface area contributed by atoms with Crippen molar-refractivity contribution >= 4 is 11.6 Å². The number of fused-ring (bicyclic) bond motifs is 1. The summed E-state index contributed by atoms with van der Waals surface area (Å²) in [5, 5.41) is 4.60. The number of aromatic nitrogens is 2. The molecule has 0 N–H and O–H groups in total. The number of para-hydroxylation sites is 1. The van der Waals surface area contributed by atoms with Gasteiger partial charge in [0.2, 0.25) is 0 Å². The summed E-state index contributed by atoms with van der Waals surface area (Å²) >= 11 is 6.39. The normalized spacial score (nSPS) is 23.4. The van der Waals surface area contributed by atoms with Gasteiger partial charge in [-0.1, -0.05) is 25.1 Å². The van der Waals surface area contributed by atoms with E-state index in [2.05, 4.69) is 24.2 Å². The van der Waals surface area contributed by atoms with Crippen molar-refractivity contribution in [2.24, 2.45) is 5.92 Å². The maximum absolute atomic E-state index is 6.39. The van der Waals surface area contributed by atoms with Gasteiger partial charge in [0.05, 0.1) is 17.3 Å². The summed E-state index contributed by atoms with van der Waals surface area (Å²) in [4.78, 5) is 0. The minimum absolute atomic E-state index is 0.117. The number of hydrogen-bond acceptors (Lipinski definition) is 1. The molecule has 2 nitrogen and oxygen atoms in total. The predicted molar refractivity (Wildman–Crippen MR) is 69.6 cm³/mol. The van der Waals surface area contributed by atoms with Gasteiger partial charge < -0.3 is 0 Å². The second kappa shape index (κ2) is 4.19. The van der Waals surface area contributed by atoms with Crippen LogP contribution in [0.4, 0.5) is 0 Å². The van der Waals surface area contributed by atoms with E-state index in [1.54, 1.807) is 0 Å². The largest absolute Gasteiger partial charge is 0.237 e. The maximum atomic E-state index is 6.39. The molecule has 2 aromatic rings. The molecule has 3 heteroatoms. The third-order valence-electron chi connectivity index (χ3n) is 3.39. The summed E-state index contributed by atoms with van der Waals surface area (Å²) in [5.41, 5.74) is 3.59. The highest BCUT2D eigenvalue weighted by atomic mass is 35.5. The van der Waals surface area contributed by atoms with Crippen LogP contribution in [0, 0.1) is 5.92 Å². The lowest BCUT2D eigenvalue weighted by molar-refractivity contribution is 0.479. The summed E-state index contributed by atoms with van der Waals surface area (Å²) in [5.74, 6) is 0.629. The van der Waals surface area contributed by atoms with E-state index in [0.29, 0.717) is 5.92 Å². The Morgan fingerprint density at radius 2 is 2.06 bits per heavy atom. The lowest BCUT2D eigenvalue weighted by Crippen LogP contribution is -2.15. The lowest BCUT2D eigenvalue weighted by Gasteiger charge is -2.23. The van der Waals surface area contributed by atoms with E-state index in [9.17, 15) is 0 Å². The molecule has 17 heavy (non-hydrogen) atoms. The smallest absolute Gasteiger partial charge is 0.0648 e. The average molecular weight is 247 g/mol. The van der Waals surface area contributed by atoms with Crippen LogP contribution in [-0.2, 0) is 6.42 Å². The Bertz CT molecular complexity index is 518. The number of nitrogens with zero attached hydrogens (tertiary/aromatic N) is 2. The summed E-state index contributed by atoms with van der Waals surface area (Å²) in [7, 11) is 0. The molecule has 1 aliphatic carbocycles. The Morgan fingerprint density at radius 3 is 2.82 bits per heavy atom. The molecule has 0 spiro atoms. The van der Waals surface area contributed by atoms with Crippen molar-refractivity contribution in [1.82, 2.24) is 9.78 Å². The fraction of sp³-hybridized carbons (Fsp3) is 0.357. The standard InChI is InChI=1S/C14H15ClN2/c1-10-7-13(15)12-9-16-17(14(12)8-10)11-5-3-2-4-6-11/h2-6,9-10,13H,7-8H2,1H3. The van der Waals surface area contributed by atoms with E-state index in [4.69, 9.17) is 11.6 Å². The van der Waals surface area contributed by atoms with Crippen LogP contribution in [-0.4, -0.2) is 9.78 Å². The first-order valence-electron chi connectivity index (χ1n) is 6.02. The van der Waals surface area contributed by atoms with Gasteiger partial charge in [0.1, 0.15) is 0 Å². The third-order valence-corrected chi connectivity index (χ3v) is 3.80. The zero-order chi connectivity index (χ0) is 11.8. The SMILES string of the molecule is CC1Cc2c(cnn2-c2ccccc2)C(Cl)C1. The fourth-order valence-corrected chi connectivity index (χ4v) is 3.02. The monoisotopic (exact) mass is 246 g/mol. The Morgan fingerprint density at radius 1 is 1.29 bits per heavy atom. The molecule has 2 unspecified atom stereocenters. The van der Waals surface area contributed by atoms with Crippen molar-refractivity contribution in [3.63, 3.8) is 0 Å². The number of benzene rings is 1. The lowest BCUT2D eigenvalue weighted by atomic mass is 9.89. The quantitative estimate of drug-likeness (QED) is 0.701. The summed E-state index contributed by atoms with van der Waals surface area (Å²) < 4.78 is 2.03. The molecule has 0 bridgehead atoms. The molecule has 0 saturated carbocycles. The predicted octanol–water partition coefficient (Wildman–Crippen LogP) is 3.73. The maximum Gasteiger partial charge on any atom is 0.0648 e. The highest BCUT2D eigenvalue weighted by Gasteiger charge is 2.26. The molecule has 3 rings (SSSR count). The van der Waals surface area contributed by atoms with Gasteiger partial charge in [0.25, 0.3) is 0 Å². The van der Waals surface area contributed by atoms with Crippen molar-refractivity contribution in [3.8, 4) is 5.69 Å². The van der Waals surface area contributed by atoms with Gasteiger partial charge in [0.15, 0.2) is 0 Å². The van der Waals surface area contributed by atoms with Gasteiger partial charge in [-0.3, -0.25) is 0 Å². The first kappa shape index (κ1) is 10.8. The Labute approximate surface area is 106 Å². The van der Waals surface area contributed by atoms with E-state index < -0.39 is 0 Å². The van der Waals surface area contributed by atoms with E-state index in [1.807, 2.05) is 29.1 Å². The molecule has 0 amide bonds. The Balaban J connectivity index is 2.09. The van der Waals surface area contributed by atoms with Gasteiger partial charge in [-0.25, -0.2) is 4.68 Å². The van der Waals surface area contributed by atoms with Crippen LogP contribution in [0.25, 0.3) is 5.69 Å². The van der Waals surface area contributed by atoms with Crippen molar-refractivity contribution < 1.29 is 0 Å². The zero-order valence-corrected chi connectivity index (χ0v) is 10.6. The number of hydrogen-bond donors (Lipinski definition) is 0. The van der Waals surface area contributed by atoms with Crippen LogP contribution < -0.4 is 0 Å². The molecule has 1 aliphatic rings. The molecule has 1 heterocycles. The van der Waals surface area contributed by atoms with E-state index in [-0.39, 0.29) is 5.38 Å². The van der Waals surface area contributed by atoms with Gasteiger partial charge in [-0.2, -0.15) is 5.10 Å². The van der Waals surface area contributed by atoms with E-state index in [1.165, 1.54) is 11.3 Å². The second-order valence-corrected chi connectivity index (χ2v) is 5.33. The van der Waals surface area contributed by atoms with Gasteiger partial charge in [-0.05, 0) is 30.9 Å². The van der Waals surface area contributed by atoms with E-state index in [0.717, 1.165) is 18.5 Å². The Kier molecular flexibility index (Phi) is 2.67. The Hall–Kier alpha value is -1.28. The summed E-state index contributed by atoms with van der Waals surface area (Å²) in [6, 6.07) is 10.2. The first-order valence-corrected chi connectivity index (χ1v) is 6.45. The van der Waals surface area contributed by atoms with Crippen LogP contribution in [0.15, 0.2) is 36.5 Å². The van der Waals surface area contributed by atoms with Crippen LogP contribution in [0.1, 0.15) is 30.0 Å². The number of rotatable bonds is 1. The van der Waals surface area contributed by atoms with Crippen LogP contribution in [0.5, 0.6) is 0 Å². The highest BCUT2D eigenvalue weighted by molar-refractivity contribution is 6.21. The number of halogens is 1. The number of alkyl halides is 1. The average Bonchev–Trinajstić information content (AvgIpc) is 2.74. The second-order valence-electron chi connectivity index (χ2n) is 4.81. The highest BCUT2D eigenvalue weighted by Crippen LogP contribution is 2.37. The zero-order valence-electron chi connectivity index (χ0n) is 9.81. The van der Waals surface area contributed by atoms with Gasteiger partial charge >= 0.3 is 0 Å². The van der Waals surface area contributed by atoms with Crippen molar-refractivity contribution in [2.75, 3.05) is 0 Å². The molecule has 0 saturated heterocycles. The molecule has 1 aromatic carbocycles. The molecular weight excluding hydrogens is 232 g/mol. The third kappa shape index (κ3) is 1.87. The molecule has 88 valence electrons. The first-order chi connectivity index (χ1) is 8.25. The minimum Gasteiger partial charge on any atom is -0.237 e. The molecule has 0 fully saturated rings. The summed E-state index contributed by atoms with van der Waals surface area (Å²) in [6.45, 7) is 2.25. The fourth-order valence-electron chi connectivity index (χ4n) is 2.54. The minimum atomic E-state index is 0.117. The topological polar surface area (TPSA) is 17.8 Å². The van der Waals surface area contributed by atoms with Crippen molar-refractivity contribution in [2.45, 2.75) is 25.1 Å². The molecule has 2 atom stereocenters. The van der Waals surface area contributed by atoms with Crippen LogP contribution in [0.3, 0.4) is 0 Å². The molecule has 1 aromatic heterocycles. The summed E-state index contributed by atoms with van der Waals surface area (Å²) in [6.07, 6.45) is 4.04. The van der Waals surface area contributed by atoms with Crippen LogP contribution in [0.2, 0.25) is 0 Å².